The second-order valence-electron chi connectivity index (χ2n) is 4.73. The summed E-state index contributed by atoms with van der Waals surface area (Å²) in [6.07, 6.45) is 1.54. The molecule has 0 aliphatic carbocycles. The van der Waals surface area contributed by atoms with Crippen LogP contribution in [-0.2, 0) is 0 Å². The van der Waals surface area contributed by atoms with Crippen molar-refractivity contribution in [3.63, 3.8) is 0 Å². The molecule has 4 heteroatoms. The van der Waals surface area contributed by atoms with E-state index in [2.05, 4.69) is 21.9 Å². The first kappa shape index (κ1) is 13.2. The summed E-state index contributed by atoms with van der Waals surface area (Å²) in [6, 6.07) is 15.8. The van der Waals surface area contributed by atoms with Gasteiger partial charge in [0, 0.05) is 11.1 Å². The van der Waals surface area contributed by atoms with Gasteiger partial charge >= 0.3 is 0 Å². The van der Waals surface area contributed by atoms with Gasteiger partial charge in [0.25, 0.3) is 0 Å². The zero-order valence-corrected chi connectivity index (χ0v) is 11.9. The smallest absolute Gasteiger partial charge is 0.163 e. The summed E-state index contributed by atoms with van der Waals surface area (Å²) in [5, 5.41) is 0. The van der Waals surface area contributed by atoms with E-state index in [-0.39, 0.29) is 0 Å². The molecule has 0 saturated carbocycles. The molecule has 4 nitrogen and oxygen atoms in total. The van der Waals surface area contributed by atoms with Gasteiger partial charge in [0.2, 0.25) is 0 Å². The van der Waals surface area contributed by atoms with Gasteiger partial charge in [-0.1, -0.05) is 29.8 Å². The highest BCUT2D eigenvalue weighted by Gasteiger charge is 2.06. The molecule has 1 aromatic heterocycles. The molecule has 0 fully saturated rings. The summed E-state index contributed by atoms with van der Waals surface area (Å²) < 4.78 is 5.16. The van der Waals surface area contributed by atoms with Crippen LogP contribution in [0.25, 0.3) is 22.8 Å². The van der Waals surface area contributed by atoms with Gasteiger partial charge in [-0.05, 0) is 31.2 Å². The molecule has 3 rings (SSSR count). The molecule has 1 heterocycles. The van der Waals surface area contributed by atoms with Crippen LogP contribution in [0.1, 0.15) is 5.56 Å². The molecule has 0 spiro atoms. The third-order valence-corrected chi connectivity index (χ3v) is 3.23. The number of rotatable bonds is 3. The molecule has 3 aromatic rings. The monoisotopic (exact) mass is 277 g/mol. The standard InChI is InChI=1S/C17H15N3O/c1-12-3-5-13(6-4-12)16-18-11-19-17(20-16)14-7-9-15(21-2)10-8-14/h3-11H,1-2H3. The summed E-state index contributed by atoms with van der Waals surface area (Å²) in [5.41, 5.74) is 3.13. The number of hydrogen-bond acceptors (Lipinski definition) is 4. The zero-order valence-electron chi connectivity index (χ0n) is 11.9. The Balaban J connectivity index is 1.97. The highest BCUT2D eigenvalue weighted by Crippen LogP contribution is 2.21. The number of hydrogen-bond donors (Lipinski definition) is 0. The Morgan fingerprint density at radius 2 is 1.29 bits per heavy atom. The van der Waals surface area contributed by atoms with Crippen molar-refractivity contribution in [2.24, 2.45) is 0 Å². The molecule has 0 bridgehead atoms. The normalized spacial score (nSPS) is 10.4. The van der Waals surface area contributed by atoms with Crippen LogP contribution in [0.15, 0.2) is 54.9 Å². The van der Waals surface area contributed by atoms with E-state index >= 15 is 0 Å². The fraction of sp³-hybridized carbons (Fsp3) is 0.118. The van der Waals surface area contributed by atoms with Gasteiger partial charge in [-0.25, -0.2) is 15.0 Å². The molecule has 104 valence electrons. The van der Waals surface area contributed by atoms with Crippen LogP contribution in [-0.4, -0.2) is 22.1 Å². The first-order chi connectivity index (χ1) is 10.3. The average Bonchev–Trinajstić information content (AvgIpc) is 2.56. The van der Waals surface area contributed by atoms with Crippen LogP contribution in [0.2, 0.25) is 0 Å². The molecular formula is C17H15N3O. The van der Waals surface area contributed by atoms with E-state index in [1.54, 1.807) is 13.4 Å². The third-order valence-electron chi connectivity index (χ3n) is 3.23. The maximum Gasteiger partial charge on any atom is 0.163 e. The maximum absolute atomic E-state index is 5.16. The van der Waals surface area contributed by atoms with Crippen molar-refractivity contribution in [3.8, 4) is 28.5 Å². The van der Waals surface area contributed by atoms with Gasteiger partial charge < -0.3 is 4.74 Å². The van der Waals surface area contributed by atoms with Crippen LogP contribution in [0, 0.1) is 6.92 Å². The van der Waals surface area contributed by atoms with Crippen molar-refractivity contribution in [2.45, 2.75) is 6.92 Å². The van der Waals surface area contributed by atoms with E-state index in [0.29, 0.717) is 11.6 Å². The lowest BCUT2D eigenvalue weighted by molar-refractivity contribution is 0.415. The minimum atomic E-state index is 0.656. The minimum Gasteiger partial charge on any atom is -0.497 e. The van der Waals surface area contributed by atoms with Crippen LogP contribution in [0.4, 0.5) is 0 Å². The van der Waals surface area contributed by atoms with Gasteiger partial charge in [0.15, 0.2) is 11.6 Å². The van der Waals surface area contributed by atoms with Crippen LogP contribution in [0.3, 0.4) is 0 Å². The fourth-order valence-electron chi connectivity index (χ4n) is 2.02. The first-order valence-electron chi connectivity index (χ1n) is 6.67. The van der Waals surface area contributed by atoms with Gasteiger partial charge in [-0.15, -0.1) is 0 Å². The molecule has 0 aliphatic heterocycles. The molecular weight excluding hydrogens is 262 g/mol. The van der Waals surface area contributed by atoms with E-state index < -0.39 is 0 Å². The number of aromatic nitrogens is 3. The van der Waals surface area contributed by atoms with Crippen LogP contribution in [0.5, 0.6) is 5.75 Å². The quantitative estimate of drug-likeness (QED) is 0.735. The largest absolute Gasteiger partial charge is 0.497 e. The van der Waals surface area contributed by atoms with Crippen LogP contribution >= 0.6 is 0 Å². The molecule has 21 heavy (non-hydrogen) atoms. The third kappa shape index (κ3) is 2.89. The van der Waals surface area contributed by atoms with E-state index in [9.17, 15) is 0 Å². The van der Waals surface area contributed by atoms with E-state index in [4.69, 9.17) is 4.74 Å². The molecule has 0 radical (unpaired) electrons. The fourth-order valence-corrected chi connectivity index (χ4v) is 2.02. The molecule has 0 amide bonds. The molecule has 0 unspecified atom stereocenters. The van der Waals surface area contributed by atoms with Crippen molar-refractivity contribution in [2.75, 3.05) is 7.11 Å². The van der Waals surface area contributed by atoms with Gasteiger partial charge in [0.05, 0.1) is 7.11 Å². The van der Waals surface area contributed by atoms with Gasteiger partial charge in [-0.3, -0.25) is 0 Å². The molecule has 0 saturated heterocycles. The van der Waals surface area contributed by atoms with Crippen molar-refractivity contribution in [1.29, 1.82) is 0 Å². The molecule has 0 atom stereocenters. The first-order valence-corrected chi connectivity index (χ1v) is 6.67. The van der Waals surface area contributed by atoms with Crippen molar-refractivity contribution in [1.82, 2.24) is 15.0 Å². The Morgan fingerprint density at radius 1 is 0.762 bits per heavy atom. The number of ether oxygens (including phenoxy) is 1. The lowest BCUT2D eigenvalue weighted by Gasteiger charge is -2.05. The van der Waals surface area contributed by atoms with Crippen molar-refractivity contribution in [3.05, 3.63) is 60.4 Å². The predicted octanol–water partition coefficient (Wildman–Crippen LogP) is 3.52. The Hall–Kier alpha value is -2.75. The number of benzene rings is 2. The topological polar surface area (TPSA) is 47.9 Å². The summed E-state index contributed by atoms with van der Waals surface area (Å²) in [4.78, 5) is 13.0. The van der Waals surface area contributed by atoms with Gasteiger partial charge in [-0.2, -0.15) is 0 Å². The van der Waals surface area contributed by atoms with E-state index in [0.717, 1.165) is 16.9 Å². The summed E-state index contributed by atoms with van der Waals surface area (Å²) >= 11 is 0. The molecule has 2 aromatic carbocycles. The lowest BCUT2D eigenvalue weighted by atomic mass is 10.1. The Morgan fingerprint density at radius 3 is 1.81 bits per heavy atom. The molecule has 0 aliphatic rings. The van der Waals surface area contributed by atoms with Crippen LogP contribution < -0.4 is 4.74 Å². The number of nitrogens with zero attached hydrogens (tertiary/aromatic N) is 3. The van der Waals surface area contributed by atoms with Crippen molar-refractivity contribution < 1.29 is 4.74 Å². The number of methoxy groups -OCH3 is 1. The van der Waals surface area contributed by atoms with E-state index in [1.165, 1.54) is 5.56 Å². The highest BCUT2D eigenvalue weighted by molar-refractivity contribution is 5.61. The Kier molecular flexibility index (Phi) is 3.60. The minimum absolute atomic E-state index is 0.656. The predicted molar refractivity (Wildman–Crippen MR) is 82.0 cm³/mol. The maximum atomic E-state index is 5.16. The zero-order chi connectivity index (χ0) is 14.7. The summed E-state index contributed by atoms with van der Waals surface area (Å²) in [6.45, 7) is 2.06. The van der Waals surface area contributed by atoms with E-state index in [1.807, 2.05) is 48.5 Å². The molecule has 0 N–H and O–H groups in total. The highest BCUT2D eigenvalue weighted by atomic mass is 16.5. The lowest BCUT2D eigenvalue weighted by Crippen LogP contribution is -1.95. The number of aryl methyl sites for hydroxylation is 1. The van der Waals surface area contributed by atoms with Gasteiger partial charge in [0.1, 0.15) is 12.1 Å². The second-order valence-corrected chi connectivity index (χ2v) is 4.73. The SMILES string of the molecule is COc1ccc(-c2ncnc(-c3ccc(C)cc3)n2)cc1. The average molecular weight is 277 g/mol. The summed E-state index contributed by atoms with van der Waals surface area (Å²) in [7, 11) is 1.65. The van der Waals surface area contributed by atoms with Crippen molar-refractivity contribution >= 4 is 0 Å². The Bertz CT molecular complexity index is 737. The summed E-state index contributed by atoms with van der Waals surface area (Å²) in [5.74, 6) is 2.14. The second kappa shape index (κ2) is 5.71. The Labute approximate surface area is 123 Å².